The molecule has 0 atom stereocenters. The van der Waals surface area contributed by atoms with Crippen LogP contribution in [-0.4, -0.2) is 48.2 Å². The summed E-state index contributed by atoms with van der Waals surface area (Å²) in [6.45, 7) is 1.75. The van der Waals surface area contributed by atoms with Gasteiger partial charge in [-0.15, -0.1) is 0 Å². The van der Waals surface area contributed by atoms with Gasteiger partial charge in [0.25, 0.3) is 11.1 Å². The lowest BCUT2D eigenvalue weighted by molar-refractivity contribution is -0.127. The molecule has 3 amide bonds. The van der Waals surface area contributed by atoms with Crippen LogP contribution in [0.3, 0.4) is 0 Å². The lowest BCUT2D eigenvalue weighted by Gasteiger charge is -2.15. The fourth-order valence-corrected chi connectivity index (χ4v) is 5.51. The molecule has 0 bridgehead atoms. The first kappa shape index (κ1) is 33.2. The Balaban J connectivity index is 1.47. The lowest BCUT2D eigenvalue weighted by atomic mass is 10.1. The van der Waals surface area contributed by atoms with Crippen molar-refractivity contribution in [2.75, 3.05) is 25.6 Å². The Hall–Kier alpha value is -3.70. The van der Waals surface area contributed by atoms with Crippen LogP contribution < -0.4 is 14.8 Å². The fourth-order valence-electron chi connectivity index (χ4n) is 4.02. The highest BCUT2D eigenvalue weighted by Gasteiger charge is 2.36. The zero-order chi connectivity index (χ0) is 31.8. The van der Waals surface area contributed by atoms with E-state index >= 15 is 0 Å². The first-order valence-corrected chi connectivity index (χ1v) is 15.3. The minimum atomic E-state index is -0.652. The third-order valence-corrected chi connectivity index (χ3v) is 8.10. The summed E-state index contributed by atoms with van der Waals surface area (Å²) in [4.78, 5) is 52.1. The molecule has 1 saturated heterocycles. The van der Waals surface area contributed by atoms with E-state index in [1.54, 1.807) is 36.4 Å². The molecule has 9 nitrogen and oxygen atoms in total. The number of nitrogens with zero attached hydrogens (tertiary/aromatic N) is 1. The molecule has 1 N–H and O–H groups in total. The Labute approximate surface area is 273 Å². The van der Waals surface area contributed by atoms with Crippen molar-refractivity contribution >= 4 is 81.4 Å². The van der Waals surface area contributed by atoms with Crippen molar-refractivity contribution in [1.29, 1.82) is 0 Å². The molecule has 3 aromatic rings. The maximum atomic E-state index is 13.2. The van der Waals surface area contributed by atoms with Crippen LogP contribution in [0.25, 0.3) is 6.08 Å². The number of carbonyl (C=O) groups is 4. The molecule has 0 unspecified atom stereocenters. The number of esters is 1. The van der Waals surface area contributed by atoms with Crippen molar-refractivity contribution < 1.29 is 33.4 Å². The van der Waals surface area contributed by atoms with Crippen LogP contribution in [0.15, 0.2) is 59.5 Å². The number of amides is 3. The average molecular weight is 678 g/mol. The van der Waals surface area contributed by atoms with Gasteiger partial charge in [-0.1, -0.05) is 66.3 Å². The van der Waals surface area contributed by atoms with Crippen molar-refractivity contribution in [3.05, 3.63) is 91.3 Å². The minimum absolute atomic E-state index is 0.0851. The van der Waals surface area contributed by atoms with E-state index in [2.05, 4.69) is 5.32 Å². The number of thioether (sulfide) groups is 1. The zero-order valence-electron chi connectivity index (χ0n) is 23.7. The second kappa shape index (κ2) is 15.3. The van der Waals surface area contributed by atoms with Gasteiger partial charge in [-0.3, -0.25) is 19.3 Å². The molecule has 1 aliphatic heterocycles. The summed E-state index contributed by atoms with van der Waals surface area (Å²) in [5, 5.41) is 3.05. The molecule has 4 rings (SSSR count). The van der Waals surface area contributed by atoms with Crippen LogP contribution in [0, 0.1) is 0 Å². The standard InChI is InChI=1S/C31H27Cl3N2O7S/c1-3-4-12-42-30(39)22-15-21(10-11-23(22)33)35-27(37)16-36-29(38)26(44-31(36)40)13-18-6-5-7-25(41-2)28(18)43-17-19-8-9-20(32)14-24(19)34/h5-11,13-15H,3-4,12,16-17H2,1-2H3,(H,35,37)/b26-13+. The lowest BCUT2D eigenvalue weighted by Crippen LogP contribution is -2.36. The van der Waals surface area contributed by atoms with Gasteiger partial charge in [0, 0.05) is 26.9 Å². The highest BCUT2D eigenvalue weighted by Crippen LogP contribution is 2.38. The van der Waals surface area contributed by atoms with Crippen molar-refractivity contribution in [2.45, 2.75) is 26.4 Å². The summed E-state index contributed by atoms with van der Waals surface area (Å²) in [6.07, 6.45) is 3.06. The Morgan fingerprint density at radius 1 is 1.02 bits per heavy atom. The predicted octanol–water partition coefficient (Wildman–Crippen LogP) is 7.87. The molecule has 1 aliphatic rings. The molecule has 1 heterocycles. The van der Waals surface area contributed by atoms with Crippen molar-refractivity contribution in [2.24, 2.45) is 0 Å². The minimum Gasteiger partial charge on any atom is -0.493 e. The van der Waals surface area contributed by atoms with Gasteiger partial charge < -0.3 is 19.5 Å². The van der Waals surface area contributed by atoms with Gasteiger partial charge in [0.1, 0.15) is 13.2 Å². The van der Waals surface area contributed by atoms with Gasteiger partial charge >= 0.3 is 5.97 Å². The van der Waals surface area contributed by atoms with Crippen molar-refractivity contribution in [3.8, 4) is 11.5 Å². The number of methoxy groups -OCH3 is 1. The van der Waals surface area contributed by atoms with Gasteiger partial charge in [0.15, 0.2) is 11.5 Å². The third-order valence-electron chi connectivity index (χ3n) is 6.28. The number of carbonyl (C=O) groups excluding carboxylic acids is 4. The molecule has 0 aromatic heterocycles. The normalized spacial score (nSPS) is 13.8. The smallest absolute Gasteiger partial charge is 0.339 e. The van der Waals surface area contributed by atoms with Crippen LogP contribution in [0.2, 0.25) is 15.1 Å². The first-order chi connectivity index (χ1) is 21.1. The SMILES string of the molecule is CCCCOC(=O)c1cc(NC(=O)CN2C(=O)S/C(=C/c3cccc(OC)c3OCc3ccc(Cl)cc3Cl)C2=O)ccc1Cl. The van der Waals surface area contributed by atoms with Crippen molar-refractivity contribution in [3.63, 3.8) is 0 Å². The monoisotopic (exact) mass is 676 g/mol. The van der Waals surface area contributed by atoms with Crippen LogP contribution in [0.5, 0.6) is 11.5 Å². The maximum absolute atomic E-state index is 13.2. The Morgan fingerprint density at radius 2 is 1.82 bits per heavy atom. The number of benzene rings is 3. The van der Waals surface area contributed by atoms with E-state index < -0.39 is 29.6 Å². The van der Waals surface area contributed by atoms with E-state index in [0.717, 1.165) is 11.3 Å². The summed E-state index contributed by atoms with van der Waals surface area (Å²) in [6, 6.07) is 14.5. The average Bonchev–Trinajstić information content (AvgIpc) is 3.25. The summed E-state index contributed by atoms with van der Waals surface area (Å²) in [7, 11) is 1.48. The number of unbranched alkanes of at least 4 members (excludes halogenated alkanes) is 1. The zero-order valence-corrected chi connectivity index (χ0v) is 26.7. The molecule has 1 fully saturated rings. The third kappa shape index (κ3) is 8.26. The van der Waals surface area contributed by atoms with Crippen LogP contribution >= 0.6 is 46.6 Å². The van der Waals surface area contributed by atoms with Gasteiger partial charge in [-0.25, -0.2) is 4.79 Å². The molecule has 3 aromatic carbocycles. The topological polar surface area (TPSA) is 111 Å². The molecule has 0 aliphatic carbocycles. The number of hydrogen-bond donors (Lipinski definition) is 1. The molecule has 44 heavy (non-hydrogen) atoms. The van der Waals surface area contributed by atoms with Gasteiger partial charge in [0.2, 0.25) is 5.91 Å². The second-order valence-corrected chi connectivity index (χ2v) is 11.6. The largest absolute Gasteiger partial charge is 0.493 e. The number of rotatable bonds is 12. The number of hydrogen-bond acceptors (Lipinski definition) is 8. The Bertz CT molecular complexity index is 1630. The van der Waals surface area contributed by atoms with Crippen LogP contribution in [0.4, 0.5) is 10.5 Å². The predicted molar refractivity (Wildman–Crippen MR) is 172 cm³/mol. The number of para-hydroxylation sites is 1. The van der Waals surface area contributed by atoms with E-state index in [1.807, 2.05) is 6.92 Å². The number of nitrogens with one attached hydrogen (secondary N) is 1. The van der Waals surface area contributed by atoms with E-state index in [1.165, 1.54) is 31.4 Å². The molecule has 0 spiro atoms. The fraction of sp³-hybridized carbons (Fsp3) is 0.226. The van der Waals surface area contributed by atoms with Gasteiger partial charge in [-0.2, -0.15) is 0 Å². The molecule has 0 radical (unpaired) electrons. The van der Waals surface area contributed by atoms with Gasteiger partial charge in [-0.05, 0) is 60.7 Å². The molecule has 13 heteroatoms. The van der Waals surface area contributed by atoms with E-state index in [0.29, 0.717) is 50.9 Å². The Morgan fingerprint density at radius 3 is 2.55 bits per heavy atom. The van der Waals surface area contributed by atoms with E-state index in [-0.39, 0.29) is 34.4 Å². The highest BCUT2D eigenvalue weighted by molar-refractivity contribution is 8.18. The van der Waals surface area contributed by atoms with Gasteiger partial charge in [0.05, 0.1) is 29.2 Å². The second-order valence-electron chi connectivity index (χ2n) is 9.40. The summed E-state index contributed by atoms with van der Waals surface area (Å²) in [5.74, 6) is -1.18. The van der Waals surface area contributed by atoms with Crippen LogP contribution in [0.1, 0.15) is 41.3 Å². The summed E-state index contributed by atoms with van der Waals surface area (Å²) >= 11 is 19.1. The number of anilines is 1. The summed E-state index contributed by atoms with van der Waals surface area (Å²) < 4.78 is 16.7. The molecule has 0 saturated carbocycles. The summed E-state index contributed by atoms with van der Waals surface area (Å²) in [5.41, 5.74) is 1.50. The quantitative estimate of drug-likeness (QED) is 0.117. The molecule has 230 valence electrons. The highest BCUT2D eigenvalue weighted by atomic mass is 35.5. The van der Waals surface area contributed by atoms with E-state index in [9.17, 15) is 19.2 Å². The number of ether oxygens (including phenoxy) is 3. The van der Waals surface area contributed by atoms with E-state index in [4.69, 9.17) is 49.0 Å². The maximum Gasteiger partial charge on any atom is 0.339 e. The number of imide groups is 1. The first-order valence-electron chi connectivity index (χ1n) is 13.4. The Kier molecular flexibility index (Phi) is 11.6. The number of halogens is 3. The van der Waals surface area contributed by atoms with Crippen molar-refractivity contribution in [1.82, 2.24) is 4.90 Å². The molecular formula is C31H27Cl3N2O7S. The van der Waals surface area contributed by atoms with Crippen LogP contribution in [-0.2, 0) is 20.9 Å². The molecular weight excluding hydrogens is 651 g/mol.